The smallest absolute Gasteiger partial charge is 0.0994 e. The van der Waals surface area contributed by atoms with Crippen LogP contribution in [0, 0.1) is 0 Å². The van der Waals surface area contributed by atoms with Crippen molar-refractivity contribution in [3.05, 3.63) is 0 Å². The van der Waals surface area contributed by atoms with Crippen molar-refractivity contribution in [2.75, 3.05) is 19.6 Å². The van der Waals surface area contributed by atoms with Crippen molar-refractivity contribution < 1.29 is 15.3 Å². The number of hydrogen-bond acceptors (Lipinski definition) is 5. The zero-order chi connectivity index (χ0) is 11.0. The van der Waals surface area contributed by atoms with Crippen LogP contribution in [0.5, 0.6) is 0 Å². The first-order valence-electron chi connectivity index (χ1n) is 5.66. The largest absolute Gasteiger partial charge is 0.391 e. The fraction of sp³-hybridized carbons (Fsp3) is 1.00. The molecule has 15 heavy (non-hydrogen) atoms. The van der Waals surface area contributed by atoms with Gasteiger partial charge in [-0.25, -0.2) is 0 Å². The van der Waals surface area contributed by atoms with Gasteiger partial charge in [0, 0.05) is 19.1 Å². The second-order valence-corrected chi connectivity index (χ2v) is 4.49. The summed E-state index contributed by atoms with van der Waals surface area (Å²) in [6.45, 7) is 4.25. The molecule has 0 aromatic carbocycles. The van der Waals surface area contributed by atoms with Crippen molar-refractivity contribution in [1.29, 1.82) is 0 Å². The second-order valence-electron chi connectivity index (χ2n) is 4.49. The molecule has 2 aliphatic heterocycles. The normalized spacial score (nSPS) is 46.8. The van der Waals surface area contributed by atoms with Crippen LogP contribution in [-0.2, 0) is 0 Å². The number of nitrogens with zero attached hydrogens (tertiary/aromatic N) is 1. The average Bonchev–Trinajstić information content (AvgIpc) is 2.56. The zero-order valence-electron chi connectivity index (χ0n) is 9.00. The molecule has 0 aromatic heterocycles. The number of aliphatic hydroxyl groups excluding tert-OH is 3. The fourth-order valence-corrected chi connectivity index (χ4v) is 2.77. The topological polar surface area (TPSA) is 76.0 Å². The summed E-state index contributed by atoms with van der Waals surface area (Å²) in [5.41, 5.74) is 0. The summed E-state index contributed by atoms with van der Waals surface area (Å²) >= 11 is 0. The van der Waals surface area contributed by atoms with Crippen LogP contribution in [0.25, 0.3) is 0 Å². The summed E-state index contributed by atoms with van der Waals surface area (Å²) in [5, 5.41) is 32.7. The number of nitrogens with one attached hydrogen (secondary N) is 1. The van der Waals surface area contributed by atoms with Gasteiger partial charge in [-0.3, -0.25) is 4.90 Å². The standard InChI is InChI=1S/C10H20N2O3/c1-2-11-6-5-12-4-3-7(13)8(12)10(15)9(6)14/h6-11,13-15H,2-5H2,1H3. The summed E-state index contributed by atoms with van der Waals surface area (Å²) < 4.78 is 0. The van der Waals surface area contributed by atoms with E-state index in [1.54, 1.807) is 0 Å². The van der Waals surface area contributed by atoms with Crippen molar-refractivity contribution in [3.8, 4) is 0 Å². The predicted molar refractivity (Wildman–Crippen MR) is 55.5 cm³/mol. The Hall–Kier alpha value is -0.200. The number of rotatable bonds is 2. The van der Waals surface area contributed by atoms with Gasteiger partial charge >= 0.3 is 0 Å². The molecule has 2 aliphatic rings. The van der Waals surface area contributed by atoms with Gasteiger partial charge in [0.2, 0.25) is 0 Å². The van der Waals surface area contributed by atoms with E-state index < -0.39 is 18.3 Å². The Kier molecular flexibility index (Phi) is 3.27. The highest BCUT2D eigenvalue weighted by molar-refractivity contribution is 5.03. The first kappa shape index (κ1) is 11.3. The molecule has 0 saturated carbocycles. The Labute approximate surface area is 89.7 Å². The van der Waals surface area contributed by atoms with Crippen LogP contribution in [-0.4, -0.2) is 70.2 Å². The van der Waals surface area contributed by atoms with Gasteiger partial charge in [0.05, 0.1) is 24.4 Å². The van der Waals surface area contributed by atoms with Gasteiger partial charge in [0.25, 0.3) is 0 Å². The van der Waals surface area contributed by atoms with E-state index in [9.17, 15) is 15.3 Å². The van der Waals surface area contributed by atoms with Crippen LogP contribution in [0.4, 0.5) is 0 Å². The Balaban J connectivity index is 2.07. The molecular weight excluding hydrogens is 196 g/mol. The third kappa shape index (κ3) is 1.90. The van der Waals surface area contributed by atoms with Crippen molar-refractivity contribution in [2.24, 2.45) is 0 Å². The molecule has 0 aromatic rings. The quantitative estimate of drug-likeness (QED) is 0.435. The molecule has 0 spiro atoms. The molecule has 4 N–H and O–H groups in total. The molecule has 5 nitrogen and oxygen atoms in total. The van der Waals surface area contributed by atoms with Crippen molar-refractivity contribution in [2.45, 2.75) is 43.7 Å². The lowest BCUT2D eigenvalue weighted by Crippen LogP contribution is -2.64. The monoisotopic (exact) mass is 216 g/mol. The molecule has 2 fully saturated rings. The summed E-state index contributed by atoms with van der Waals surface area (Å²) in [4.78, 5) is 2.06. The van der Waals surface area contributed by atoms with E-state index in [-0.39, 0.29) is 12.1 Å². The third-order valence-electron chi connectivity index (χ3n) is 3.54. The Morgan fingerprint density at radius 1 is 1.27 bits per heavy atom. The lowest BCUT2D eigenvalue weighted by atomic mass is 9.91. The van der Waals surface area contributed by atoms with Gasteiger partial charge in [0.1, 0.15) is 0 Å². The molecule has 0 bridgehead atoms. The van der Waals surface area contributed by atoms with Crippen molar-refractivity contribution >= 4 is 0 Å². The van der Waals surface area contributed by atoms with Crippen LogP contribution in [0.1, 0.15) is 13.3 Å². The van der Waals surface area contributed by atoms with E-state index in [4.69, 9.17) is 0 Å². The maximum Gasteiger partial charge on any atom is 0.0994 e. The minimum Gasteiger partial charge on any atom is -0.391 e. The Morgan fingerprint density at radius 2 is 2.00 bits per heavy atom. The molecule has 0 radical (unpaired) electrons. The highest BCUT2D eigenvalue weighted by atomic mass is 16.3. The zero-order valence-corrected chi connectivity index (χ0v) is 9.00. The van der Waals surface area contributed by atoms with Crippen LogP contribution < -0.4 is 5.32 Å². The number of piperidine rings is 1. The number of aliphatic hydroxyl groups is 3. The van der Waals surface area contributed by atoms with E-state index in [1.165, 1.54) is 0 Å². The number of hydrogen-bond donors (Lipinski definition) is 4. The molecule has 5 atom stereocenters. The predicted octanol–water partition coefficient (Wildman–Crippen LogP) is -1.86. The van der Waals surface area contributed by atoms with Crippen molar-refractivity contribution in [1.82, 2.24) is 10.2 Å². The van der Waals surface area contributed by atoms with E-state index in [0.29, 0.717) is 13.0 Å². The fourth-order valence-electron chi connectivity index (χ4n) is 2.77. The van der Waals surface area contributed by atoms with Crippen LogP contribution in [0.15, 0.2) is 0 Å². The van der Waals surface area contributed by atoms with Crippen molar-refractivity contribution in [3.63, 3.8) is 0 Å². The Morgan fingerprint density at radius 3 is 2.67 bits per heavy atom. The lowest BCUT2D eigenvalue weighted by Gasteiger charge is -2.43. The lowest BCUT2D eigenvalue weighted by molar-refractivity contribution is -0.101. The van der Waals surface area contributed by atoms with Gasteiger partial charge < -0.3 is 20.6 Å². The first-order chi connectivity index (χ1) is 7.15. The molecule has 0 amide bonds. The highest BCUT2D eigenvalue weighted by Crippen LogP contribution is 2.28. The van der Waals surface area contributed by atoms with Crippen LogP contribution in [0.3, 0.4) is 0 Å². The summed E-state index contributed by atoms with van der Waals surface area (Å²) in [5.74, 6) is 0. The number of fused-ring (bicyclic) bond motifs is 1. The SMILES string of the molecule is CCNC1CN2CCC(O)C2C(O)C1O. The van der Waals surface area contributed by atoms with Gasteiger partial charge in [-0.2, -0.15) is 0 Å². The van der Waals surface area contributed by atoms with Gasteiger partial charge in [-0.1, -0.05) is 6.92 Å². The number of likely N-dealkylation sites (N-methyl/N-ethyl adjacent to an activating group) is 1. The molecule has 5 unspecified atom stereocenters. The Bertz CT molecular complexity index is 225. The molecule has 88 valence electrons. The van der Waals surface area contributed by atoms with Crippen LogP contribution >= 0.6 is 0 Å². The van der Waals surface area contributed by atoms with E-state index in [2.05, 4.69) is 10.2 Å². The first-order valence-corrected chi connectivity index (χ1v) is 5.66. The van der Waals surface area contributed by atoms with E-state index in [0.717, 1.165) is 13.1 Å². The summed E-state index contributed by atoms with van der Waals surface area (Å²) in [7, 11) is 0. The van der Waals surface area contributed by atoms with E-state index in [1.807, 2.05) is 6.92 Å². The van der Waals surface area contributed by atoms with Gasteiger partial charge in [0.15, 0.2) is 0 Å². The minimum absolute atomic E-state index is 0.0912. The molecule has 2 rings (SSSR count). The molecular formula is C10H20N2O3. The van der Waals surface area contributed by atoms with Gasteiger partial charge in [-0.05, 0) is 13.0 Å². The maximum atomic E-state index is 9.92. The molecule has 2 saturated heterocycles. The van der Waals surface area contributed by atoms with E-state index >= 15 is 0 Å². The molecule has 5 heteroatoms. The summed E-state index contributed by atoms with van der Waals surface area (Å²) in [6, 6.07) is -0.374. The average molecular weight is 216 g/mol. The third-order valence-corrected chi connectivity index (χ3v) is 3.54. The van der Waals surface area contributed by atoms with Crippen LogP contribution in [0.2, 0.25) is 0 Å². The molecule has 0 aliphatic carbocycles. The van der Waals surface area contributed by atoms with Gasteiger partial charge in [-0.15, -0.1) is 0 Å². The maximum absolute atomic E-state index is 9.92. The second kappa shape index (κ2) is 4.35. The molecule has 2 heterocycles. The minimum atomic E-state index is -0.847. The summed E-state index contributed by atoms with van der Waals surface area (Å²) in [6.07, 6.45) is -1.44. The highest BCUT2D eigenvalue weighted by Gasteiger charge is 2.47.